The standard InChI is InChI=1S/C13H13N3O3/c1-9-5-6-15-13(12(9)16(17)18)19-11-4-2-3-10(7-11)8-14/h2-7H,8,14H2,1H3. The maximum Gasteiger partial charge on any atom is 0.334 e. The average Bonchev–Trinajstić information content (AvgIpc) is 2.38. The Labute approximate surface area is 110 Å². The Morgan fingerprint density at radius 3 is 2.89 bits per heavy atom. The minimum atomic E-state index is -0.496. The molecule has 0 bridgehead atoms. The highest BCUT2D eigenvalue weighted by Gasteiger charge is 2.20. The lowest BCUT2D eigenvalue weighted by Crippen LogP contribution is -1.99. The number of ether oxygens (including phenoxy) is 1. The summed E-state index contributed by atoms with van der Waals surface area (Å²) in [4.78, 5) is 14.4. The molecule has 0 aliphatic heterocycles. The molecule has 0 radical (unpaired) electrons. The molecule has 0 unspecified atom stereocenters. The molecule has 2 N–H and O–H groups in total. The number of benzene rings is 1. The lowest BCUT2D eigenvalue weighted by molar-refractivity contribution is -0.386. The Morgan fingerprint density at radius 1 is 1.42 bits per heavy atom. The van der Waals surface area contributed by atoms with Gasteiger partial charge in [0.1, 0.15) is 5.75 Å². The molecule has 19 heavy (non-hydrogen) atoms. The highest BCUT2D eigenvalue weighted by atomic mass is 16.6. The summed E-state index contributed by atoms with van der Waals surface area (Å²) < 4.78 is 5.49. The molecule has 0 spiro atoms. The van der Waals surface area contributed by atoms with Crippen molar-refractivity contribution in [2.24, 2.45) is 5.73 Å². The van der Waals surface area contributed by atoms with Crippen molar-refractivity contribution in [3.63, 3.8) is 0 Å². The van der Waals surface area contributed by atoms with Crippen molar-refractivity contribution in [1.82, 2.24) is 4.98 Å². The summed E-state index contributed by atoms with van der Waals surface area (Å²) in [5.74, 6) is 0.461. The van der Waals surface area contributed by atoms with E-state index in [-0.39, 0.29) is 11.6 Å². The van der Waals surface area contributed by atoms with E-state index < -0.39 is 4.92 Å². The third-order valence-corrected chi connectivity index (χ3v) is 2.62. The van der Waals surface area contributed by atoms with Crippen LogP contribution in [0.5, 0.6) is 11.6 Å². The van der Waals surface area contributed by atoms with E-state index in [4.69, 9.17) is 10.5 Å². The zero-order valence-corrected chi connectivity index (χ0v) is 10.4. The molecule has 1 heterocycles. The Bertz CT molecular complexity index is 614. The first-order valence-electron chi connectivity index (χ1n) is 5.68. The van der Waals surface area contributed by atoms with Crippen molar-refractivity contribution in [3.05, 3.63) is 57.8 Å². The zero-order chi connectivity index (χ0) is 13.8. The molecule has 0 amide bonds. The Kier molecular flexibility index (Phi) is 3.72. The first-order valence-corrected chi connectivity index (χ1v) is 5.68. The second kappa shape index (κ2) is 5.45. The van der Waals surface area contributed by atoms with E-state index in [1.807, 2.05) is 6.07 Å². The Balaban J connectivity index is 2.38. The monoisotopic (exact) mass is 259 g/mol. The van der Waals surface area contributed by atoms with Crippen LogP contribution < -0.4 is 10.5 Å². The van der Waals surface area contributed by atoms with Crippen LogP contribution in [0.15, 0.2) is 36.5 Å². The van der Waals surface area contributed by atoms with Crippen molar-refractivity contribution in [3.8, 4) is 11.6 Å². The Morgan fingerprint density at radius 2 is 2.21 bits per heavy atom. The fraction of sp³-hybridized carbons (Fsp3) is 0.154. The first kappa shape index (κ1) is 13.0. The summed E-state index contributed by atoms with van der Waals surface area (Å²) in [6, 6.07) is 8.63. The quantitative estimate of drug-likeness (QED) is 0.673. The fourth-order valence-corrected chi connectivity index (χ4v) is 1.67. The van der Waals surface area contributed by atoms with Crippen LogP contribution in [0.1, 0.15) is 11.1 Å². The van der Waals surface area contributed by atoms with Crippen LogP contribution in [0, 0.1) is 17.0 Å². The van der Waals surface area contributed by atoms with Gasteiger partial charge in [0.05, 0.1) is 4.92 Å². The number of pyridine rings is 1. The summed E-state index contributed by atoms with van der Waals surface area (Å²) in [6.07, 6.45) is 1.48. The van der Waals surface area contributed by atoms with Crippen molar-refractivity contribution in [1.29, 1.82) is 0 Å². The van der Waals surface area contributed by atoms with Gasteiger partial charge < -0.3 is 10.5 Å². The number of rotatable bonds is 4. The van der Waals surface area contributed by atoms with Gasteiger partial charge in [0.2, 0.25) is 0 Å². The predicted octanol–water partition coefficient (Wildman–Crippen LogP) is 2.55. The van der Waals surface area contributed by atoms with Gasteiger partial charge in [-0.3, -0.25) is 10.1 Å². The molecule has 98 valence electrons. The number of nitro groups is 1. The maximum atomic E-state index is 11.0. The highest BCUT2D eigenvalue weighted by Crippen LogP contribution is 2.31. The molecule has 0 saturated heterocycles. The molecule has 0 aliphatic carbocycles. The molecule has 0 aliphatic rings. The second-order valence-electron chi connectivity index (χ2n) is 3.99. The van der Waals surface area contributed by atoms with Gasteiger partial charge in [0.15, 0.2) is 0 Å². The summed E-state index contributed by atoms with van der Waals surface area (Å²) in [7, 11) is 0. The van der Waals surface area contributed by atoms with Gasteiger partial charge in [0.25, 0.3) is 5.88 Å². The lowest BCUT2D eigenvalue weighted by atomic mass is 10.2. The van der Waals surface area contributed by atoms with Crippen LogP contribution in [-0.4, -0.2) is 9.91 Å². The number of hydrogen-bond acceptors (Lipinski definition) is 5. The third kappa shape index (κ3) is 2.86. The van der Waals surface area contributed by atoms with E-state index in [0.717, 1.165) is 5.56 Å². The smallest absolute Gasteiger partial charge is 0.334 e. The van der Waals surface area contributed by atoms with E-state index in [2.05, 4.69) is 4.98 Å². The summed E-state index contributed by atoms with van der Waals surface area (Å²) >= 11 is 0. The van der Waals surface area contributed by atoms with Crippen LogP contribution in [0.3, 0.4) is 0 Å². The van der Waals surface area contributed by atoms with Gasteiger partial charge in [-0.25, -0.2) is 4.98 Å². The number of aryl methyl sites for hydroxylation is 1. The van der Waals surface area contributed by atoms with Gasteiger partial charge in [-0.15, -0.1) is 0 Å². The van der Waals surface area contributed by atoms with Gasteiger partial charge in [-0.05, 0) is 30.7 Å². The van der Waals surface area contributed by atoms with Crippen LogP contribution in [0.2, 0.25) is 0 Å². The number of nitrogens with two attached hydrogens (primary N) is 1. The Hall–Kier alpha value is -2.47. The van der Waals surface area contributed by atoms with Crippen molar-refractivity contribution < 1.29 is 9.66 Å². The van der Waals surface area contributed by atoms with E-state index in [1.165, 1.54) is 6.20 Å². The van der Waals surface area contributed by atoms with Crippen LogP contribution in [0.4, 0.5) is 5.69 Å². The van der Waals surface area contributed by atoms with Crippen LogP contribution >= 0.6 is 0 Å². The number of hydrogen-bond donors (Lipinski definition) is 1. The molecule has 0 fully saturated rings. The fourth-order valence-electron chi connectivity index (χ4n) is 1.67. The van der Waals surface area contributed by atoms with Crippen molar-refractivity contribution in [2.75, 3.05) is 0 Å². The summed E-state index contributed by atoms with van der Waals surface area (Å²) in [5, 5.41) is 11.0. The predicted molar refractivity (Wildman–Crippen MR) is 70.0 cm³/mol. The van der Waals surface area contributed by atoms with Gasteiger partial charge >= 0.3 is 5.69 Å². The molecule has 2 aromatic rings. The van der Waals surface area contributed by atoms with Crippen LogP contribution in [-0.2, 0) is 6.54 Å². The van der Waals surface area contributed by atoms with E-state index in [9.17, 15) is 10.1 Å². The van der Waals surface area contributed by atoms with E-state index in [1.54, 1.807) is 31.2 Å². The van der Waals surface area contributed by atoms with Gasteiger partial charge in [-0.1, -0.05) is 12.1 Å². The maximum absolute atomic E-state index is 11.0. The van der Waals surface area contributed by atoms with E-state index >= 15 is 0 Å². The zero-order valence-electron chi connectivity index (χ0n) is 10.4. The van der Waals surface area contributed by atoms with Crippen LogP contribution in [0.25, 0.3) is 0 Å². The minimum absolute atomic E-state index is 0.0147. The molecule has 1 aromatic carbocycles. The van der Waals surface area contributed by atoms with Gasteiger partial charge in [0, 0.05) is 18.3 Å². The first-order chi connectivity index (χ1) is 9.11. The molecule has 6 nitrogen and oxygen atoms in total. The summed E-state index contributed by atoms with van der Waals surface area (Å²) in [5.41, 5.74) is 6.80. The SMILES string of the molecule is Cc1ccnc(Oc2cccc(CN)c2)c1[N+](=O)[O-]. The number of aromatic nitrogens is 1. The third-order valence-electron chi connectivity index (χ3n) is 2.62. The molecular weight excluding hydrogens is 246 g/mol. The molecular formula is C13H13N3O3. The molecule has 6 heteroatoms. The molecule has 0 atom stereocenters. The van der Waals surface area contributed by atoms with E-state index in [0.29, 0.717) is 17.9 Å². The summed E-state index contributed by atoms with van der Waals surface area (Å²) in [6.45, 7) is 2.02. The topological polar surface area (TPSA) is 91.3 Å². The average molecular weight is 259 g/mol. The molecule has 2 rings (SSSR count). The molecule has 0 saturated carbocycles. The highest BCUT2D eigenvalue weighted by molar-refractivity contribution is 5.49. The largest absolute Gasteiger partial charge is 0.434 e. The van der Waals surface area contributed by atoms with Crippen molar-refractivity contribution >= 4 is 5.69 Å². The lowest BCUT2D eigenvalue weighted by Gasteiger charge is -2.07. The van der Waals surface area contributed by atoms with Gasteiger partial charge in [-0.2, -0.15) is 0 Å². The minimum Gasteiger partial charge on any atom is -0.434 e. The van der Waals surface area contributed by atoms with Crippen molar-refractivity contribution in [2.45, 2.75) is 13.5 Å². The molecule has 1 aromatic heterocycles. The second-order valence-corrected chi connectivity index (χ2v) is 3.99. The number of nitrogens with zero attached hydrogens (tertiary/aromatic N) is 2. The normalized spacial score (nSPS) is 10.2.